The first-order chi connectivity index (χ1) is 11.2. The third-order valence-corrected chi connectivity index (χ3v) is 5.68. The molecule has 1 saturated carbocycles. The summed E-state index contributed by atoms with van der Waals surface area (Å²) in [5.74, 6) is 2.94. The fourth-order valence-electron chi connectivity index (χ4n) is 2.87. The van der Waals surface area contributed by atoms with Crippen LogP contribution in [0.5, 0.6) is 0 Å². The molecule has 5 nitrogen and oxygen atoms in total. The van der Waals surface area contributed by atoms with E-state index in [1.807, 2.05) is 17.0 Å². The monoisotopic (exact) mass is 349 g/mol. The lowest BCUT2D eigenvalue weighted by molar-refractivity contribution is -0.139. The second-order valence-corrected chi connectivity index (χ2v) is 7.35. The van der Waals surface area contributed by atoms with Gasteiger partial charge in [0.25, 0.3) is 5.89 Å². The van der Waals surface area contributed by atoms with Crippen LogP contribution in [0.1, 0.15) is 31.2 Å². The Morgan fingerprint density at radius 1 is 1.39 bits per heavy atom. The van der Waals surface area contributed by atoms with Crippen molar-refractivity contribution >= 4 is 29.3 Å². The highest BCUT2D eigenvalue weighted by molar-refractivity contribution is 7.99. The maximum absolute atomic E-state index is 12.5. The van der Waals surface area contributed by atoms with Gasteiger partial charge in [-0.3, -0.25) is 4.79 Å². The molecule has 2 aromatic rings. The number of halogens is 1. The van der Waals surface area contributed by atoms with Crippen LogP contribution in [0.3, 0.4) is 0 Å². The van der Waals surface area contributed by atoms with Crippen LogP contribution in [0, 0.1) is 5.92 Å². The molecule has 120 valence electrons. The molecule has 1 aliphatic carbocycles. The molecular weight excluding hydrogens is 334 g/mol. The summed E-state index contributed by atoms with van der Waals surface area (Å²) in [6.07, 6.45) is 3.16. The van der Waals surface area contributed by atoms with Gasteiger partial charge in [0.2, 0.25) is 11.7 Å². The predicted molar refractivity (Wildman–Crippen MR) is 89.0 cm³/mol. The molecule has 0 N–H and O–H groups in total. The second-order valence-electron chi connectivity index (χ2n) is 5.92. The minimum Gasteiger partial charge on any atom is -0.337 e. The molecule has 2 heterocycles. The van der Waals surface area contributed by atoms with Crippen LogP contribution < -0.4 is 0 Å². The Hall–Kier alpha value is -1.53. The predicted octanol–water partition coefficient (Wildman–Crippen LogP) is 3.76. The Morgan fingerprint density at radius 2 is 2.26 bits per heavy atom. The molecule has 2 aliphatic rings. The average molecular weight is 350 g/mol. The van der Waals surface area contributed by atoms with E-state index in [0.29, 0.717) is 22.6 Å². The Bertz CT molecular complexity index is 732. The summed E-state index contributed by atoms with van der Waals surface area (Å²) >= 11 is 7.74. The summed E-state index contributed by atoms with van der Waals surface area (Å²) in [6.45, 7) is 0. The van der Waals surface area contributed by atoms with Gasteiger partial charge in [0.05, 0.1) is 5.88 Å². The number of rotatable bonds is 3. The Kier molecular flexibility index (Phi) is 4.03. The van der Waals surface area contributed by atoms with Gasteiger partial charge in [-0.15, -0.1) is 11.8 Å². The molecule has 2 fully saturated rings. The van der Waals surface area contributed by atoms with E-state index in [-0.39, 0.29) is 17.9 Å². The number of carbonyl (C=O) groups excluding carboxylic acids is 1. The number of nitrogens with zero attached hydrogens (tertiary/aromatic N) is 3. The van der Waals surface area contributed by atoms with Crippen molar-refractivity contribution in [2.45, 2.75) is 25.3 Å². The molecule has 0 radical (unpaired) electrons. The Balaban J connectivity index is 1.56. The zero-order valence-corrected chi connectivity index (χ0v) is 14.0. The molecule has 1 amide bonds. The Labute approximate surface area is 143 Å². The third kappa shape index (κ3) is 2.85. The van der Waals surface area contributed by atoms with Crippen LogP contribution in [-0.2, 0) is 4.79 Å². The van der Waals surface area contributed by atoms with Crippen molar-refractivity contribution in [1.82, 2.24) is 15.0 Å². The number of hydrogen-bond donors (Lipinski definition) is 0. The summed E-state index contributed by atoms with van der Waals surface area (Å²) in [7, 11) is 0. The summed E-state index contributed by atoms with van der Waals surface area (Å²) in [6, 6.07) is 7.23. The van der Waals surface area contributed by atoms with Crippen molar-refractivity contribution < 1.29 is 9.32 Å². The van der Waals surface area contributed by atoms with Gasteiger partial charge in [-0.25, -0.2) is 0 Å². The molecule has 0 spiro atoms. The van der Waals surface area contributed by atoms with E-state index in [4.69, 9.17) is 16.1 Å². The van der Waals surface area contributed by atoms with Crippen LogP contribution in [-0.4, -0.2) is 32.6 Å². The van der Waals surface area contributed by atoms with E-state index in [1.165, 1.54) is 0 Å². The van der Waals surface area contributed by atoms with E-state index >= 15 is 0 Å². The highest BCUT2D eigenvalue weighted by atomic mass is 35.5. The molecule has 1 saturated heterocycles. The summed E-state index contributed by atoms with van der Waals surface area (Å²) in [5, 5.41) is 4.68. The van der Waals surface area contributed by atoms with Gasteiger partial charge in [-0.05, 0) is 25.0 Å². The van der Waals surface area contributed by atoms with Crippen LogP contribution in [0.15, 0.2) is 28.8 Å². The molecule has 1 unspecified atom stereocenters. The van der Waals surface area contributed by atoms with Gasteiger partial charge in [-0.1, -0.05) is 35.3 Å². The highest BCUT2D eigenvalue weighted by Gasteiger charge is 2.39. The number of amides is 1. The molecule has 0 bridgehead atoms. The molecule has 7 heteroatoms. The molecule has 1 atom stereocenters. The molecule has 4 rings (SSSR count). The summed E-state index contributed by atoms with van der Waals surface area (Å²) in [4.78, 5) is 18.9. The standard InChI is InChI=1S/C16H16ClN3O2S/c17-12-6-2-5-11(7-12)14-18-15(22-19-14)13-8-23-9-20(13)16(21)10-3-1-4-10/h2,5-7,10,13H,1,3-4,8-9H2. The van der Waals surface area contributed by atoms with E-state index in [9.17, 15) is 4.79 Å². The SMILES string of the molecule is O=C(C1CCC1)N1CSCC1c1nc(-c2cccc(Cl)c2)no1. The largest absolute Gasteiger partial charge is 0.337 e. The molecule has 23 heavy (non-hydrogen) atoms. The number of hydrogen-bond acceptors (Lipinski definition) is 5. The average Bonchev–Trinajstić information content (AvgIpc) is 3.14. The van der Waals surface area contributed by atoms with Gasteiger partial charge in [-0.2, -0.15) is 4.98 Å². The molecule has 1 aromatic carbocycles. The molecule has 1 aromatic heterocycles. The first-order valence-electron chi connectivity index (χ1n) is 7.70. The van der Waals surface area contributed by atoms with E-state index in [2.05, 4.69) is 10.1 Å². The topological polar surface area (TPSA) is 59.2 Å². The fourth-order valence-corrected chi connectivity index (χ4v) is 4.21. The van der Waals surface area contributed by atoms with Crippen LogP contribution in [0.25, 0.3) is 11.4 Å². The Morgan fingerprint density at radius 3 is 3.00 bits per heavy atom. The number of aromatic nitrogens is 2. The first-order valence-corrected chi connectivity index (χ1v) is 9.23. The van der Waals surface area contributed by atoms with Gasteiger partial charge in [0.15, 0.2) is 0 Å². The van der Waals surface area contributed by atoms with E-state index < -0.39 is 0 Å². The summed E-state index contributed by atoms with van der Waals surface area (Å²) < 4.78 is 5.44. The van der Waals surface area contributed by atoms with Crippen LogP contribution in [0.2, 0.25) is 5.02 Å². The number of thioether (sulfide) groups is 1. The minimum atomic E-state index is -0.117. The lowest BCUT2D eigenvalue weighted by Gasteiger charge is -2.30. The van der Waals surface area contributed by atoms with Crippen LogP contribution >= 0.6 is 23.4 Å². The third-order valence-electron chi connectivity index (χ3n) is 4.43. The maximum Gasteiger partial charge on any atom is 0.250 e. The maximum atomic E-state index is 12.5. The normalized spacial score (nSPS) is 21.4. The quantitative estimate of drug-likeness (QED) is 0.844. The van der Waals surface area contributed by atoms with Crippen molar-refractivity contribution in [3.63, 3.8) is 0 Å². The van der Waals surface area contributed by atoms with E-state index in [0.717, 1.165) is 30.6 Å². The minimum absolute atomic E-state index is 0.117. The van der Waals surface area contributed by atoms with Crippen molar-refractivity contribution in [1.29, 1.82) is 0 Å². The van der Waals surface area contributed by atoms with Gasteiger partial charge in [0.1, 0.15) is 6.04 Å². The summed E-state index contributed by atoms with van der Waals surface area (Å²) in [5.41, 5.74) is 0.815. The van der Waals surface area contributed by atoms with Gasteiger partial charge < -0.3 is 9.42 Å². The van der Waals surface area contributed by atoms with Crippen LogP contribution in [0.4, 0.5) is 0 Å². The number of benzene rings is 1. The smallest absolute Gasteiger partial charge is 0.250 e. The molecule has 1 aliphatic heterocycles. The van der Waals surface area contributed by atoms with Gasteiger partial charge >= 0.3 is 0 Å². The van der Waals surface area contributed by atoms with Gasteiger partial charge in [0, 0.05) is 22.3 Å². The van der Waals surface area contributed by atoms with Crippen molar-refractivity contribution in [2.24, 2.45) is 5.92 Å². The zero-order chi connectivity index (χ0) is 15.8. The van der Waals surface area contributed by atoms with Crippen molar-refractivity contribution in [3.05, 3.63) is 35.2 Å². The highest BCUT2D eigenvalue weighted by Crippen LogP contribution is 2.37. The zero-order valence-electron chi connectivity index (χ0n) is 12.4. The lowest BCUT2D eigenvalue weighted by atomic mass is 9.84. The number of carbonyl (C=O) groups is 1. The van der Waals surface area contributed by atoms with Crippen molar-refractivity contribution in [2.75, 3.05) is 11.6 Å². The first kappa shape index (κ1) is 15.0. The van der Waals surface area contributed by atoms with E-state index in [1.54, 1.807) is 23.9 Å². The fraction of sp³-hybridized carbons (Fsp3) is 0.438. The van der Waals surface area contributed by atoms with Crippen molar-refractivity contribution in [3.8, 4) is 11.4 Å². The lowest BCUT2D eigenvalue weighted by Crippen LogP contribution is -2.38. The second kappa shape index (κ2) is 6.17. The molecular formula is C16H16ClN3O2S.